The van der Waals surface area contributed by atoms with Gasteiger partial charge in [-0.25, -0.2) is 4.79 Å². The first kappa shape index (κ1) is 24.7. The Morgan fingerprint density at radius 3 is 2.77 bits per heavy atom. The third-order valence-corrected chi connectivity index (χ3v) is 7.33. The summed E-state index contributed by atoms with van der Waals surface area (Å²) < 4.78 is 22.9. The number of carbonyl (C=O) groups excluding carboxylic acids is 2. The van der Waals surface area contributed by atoms with Gasteiger partial charge in [-0.3, -0.25) is 9.59 Å². The van der Waals surface area contributed by atoms with Gasteiger partial charge in [-0.15, -0.1) is 0 Å². The van der Waals surface area contributed by atoms with Crippen molar-refractivity contribution in [3.05, 3.63) is 92.3 Å². The van der Waals surface area contributed by atoms with Crippen LogP contribution < -0.4 is 19.8 Å². The van der Waals surface area contributed by atoms with Crippen molar-refractivity contribution in [2.24, 2.45) is 0 Å². The molecule has 0 unspecified atom stereocenters. The molecule has 8 heteroatoms. The van der Waals surface area contributed by atoms with E-state index in [-0.39, 0.29) is 34.5 Å². The number of ketones is 1. The van der Waals surface area contributed by atoms with E-state index >= 15 is 0 Å². The smallest absolute Gasteiger partial charge is 0.336 e. The largest absolute Gasteiger partial charge is 0.506 e. The van der Waals surface area contributed by atoms with Crippen LogP contribution in [0.4, 0.5) is 0 Å². The van der Waals surface area contributed by atoms with Gasteiger partial charge in [0.2, 0.25) is 0 Å². The number of ether oxygens (including phenoxy) is 3. The van der Waals surface area contributed by atoms with Crippen LogP contribution in [-0.2, 0) is 17.6 Å². The fraction of sp³-hybridized carbons (Fsp3) is 0.258. The Hall–Kier alpha value is -4.59. The van der Waals surface area contributed by atoms with Gasteiger partial charge in [0, 0.05) is 36.0 Å². The van der Waals surface area contributed by atoms with Crippen LogP contribution in [0.25, 0.3) is 11.0 Å². The van der Waals surface area contributed by atoms with Crippen molar-refractivity contribution in [1.29, 1.82) is 0 Å². The number of phenols is 1. The fourth-order valence-electron chi connectivity index (χ4n) is 5.58. The molecule has 0 radical (unpaired) electrons. The minimum absolute atomic E-state index is 0.0624. The predicted octanol–water partition coefficient (Wildman–Crippen LogP) is 5.01. The van der Waals surface area contributed by atoms with E-state index in [0.717, 1.165) is 17.7 Å². The van der Waals surface area contributed by atoms with Crippen LogP contribution in [0.5, 0.6) is 23.0 Å². The second kappa shape index (κ2) is 9.62. The van der Waals surface area contributed by atoms with E-state index in [1.807, 2.05) is 36.4 Å². The molecule has 0 spiro atoms. The molecule has 1 N–H and O–H groups in total. The van der Waals surface area contributed by atoms with E-state index in [1.54, 1.807) is 6.92 Å². The Kier molecular flexibility index (Phi) is 6.10. The number of rotatable bonds is 6. The van der Waals surface area contributed by atoms with Crippen molar-refractivity contribution in [2.75, 3.05) is 13.2 Å². The number of fused-ring (bicyclic) bond motifs is 4. The van der Waals surface area contributed by atoms with Crippen LogP contribution in [0.3, 0.4) is 0 Å². The maximum atomic E-state index is 12.8. The van der Waals surface area contributed by atoms with Gasteiger partial charge in [0.15, 0.2) is 11.5 Å². The molecule has 3 heterocycles. The van der Waals surface area contributed by atoms with Crippen LogP contribution >= 0.6 is 0 Å². The molecule has 39 heavy (non-hydrogen) atoms. The molecule has 1 aromatic heterocycles. The van der Waals surface area contributed by atoms with E-state index in [2.05, 4.69) is 6.07 Å². The van der Waals surface area contributed by atoms with Gasteiger partial charge in [0.25, 0.3) is 0 Å². The van der Waals surface area contributed by atoms with Gasteiger partial charge in [-0.05, 0) is 42.7 Å². The van der Waals surface area contributed by atoms with Crippen LogP contribution in [0.1, 0.15) is 57.4 Å². The SMILES string of the molecule is CC(=O)c1c2c(c3oc(=O)cc(C)c3c1O)[C@@H](c1ccccc1OCCc1ccc3c(c1)CCO3)CC(=O)O2. The summed E-state index contributed by atoms with van der Waals surface area (Å²) in [5, 5.41) is 11.3. The van der Waals surface area contributed by atoms with Crippen molar-refractivity contribution in [3.8, 4) is 23.0 Å². The predicted molar refractivity (Wildman–Crippen MR) is 142 cm³/mol. The topological polar surface area (TPSA) is 112 Å². The normalized spacial score (nSPS) is 15.8. The minimum atomic E-state index is -0.638. The van der Waals surface area contributed by atoms with Gasteiger partial charge in [-0.2, -0.15) is 0 Å². The summed E-state index contributed by atoms with van der Waals surface area (Å²) in [6.45, 7) is 4.03. The maximum absolute atomic E-state index is 12.8. The number of carbonyl (C=O) groups is 2. The maximum Gasteiger partial charge on any atom is 0.336 e. The highest BCUT2D eigenvalue weighted by molar-refractivity contribution is 6.09. The number of Topliss-reactive ketones (excluding diaryl/α,β-unsaturated/α-hetero) is 1. The van der Waals surface area contributed by atoms with Gasteiger partial charge < -0.3 is 23.7 Å². The molecule has 2 aliphatic heterocycles. The summed E-state index contributed by atoms with van der Waals surface area (Å²) in [6, 6.07) is 14.7. The van der Waals surface area contributed by atoms with Gasteiger partial charge in [-0.1, -0.05) is 30.3 Å². The minimum Gasteiger partial charge on any atom is -0.506 e. The summed E-state index contributed by atoms with van der Waals surface area (Å²) in [6.07, 6.45) is 1.50. The third kappa shape index (κ3) is 4.31. The molecule has 0 fully saturated rings. The number of aromatic hydroxyl groups is 1. The molecule has 1 atom stereocenters. The molecule has 2 aliphatic rings. The van der Waals surface area contributed by atoms with E-state index in [0.29, 0.717) is 42.1 Å². The van der Waals surface area contributed by atoms with Crippen molar-refractivity contribution < 1.29 is 33.3 Å². The Morgan fingerprint density at radius 1 is 1.13 bits per heavy atom. The van der Waals surface area contributed by atoms with E-state index in [9.17, 15) is 19.5 Å². The molecule has 0 saturated carbocycles. The van der Waals surface area contributed by atoms with Crippen LogP contribution in [-0.4, -0.2) is 30.1 Å². The highest BCUT2D eigenvalue weighted by Gasteiger charge is 2.38. The van der Waals surface area contributed by atoms with E-state index in [4.69, 9.17) is 18.6 Å². The summed E-state index contributed by atoms with van der Waals surface area (Å²) in [5.74, 6) is -0.660. The quantitative estimate of drug-likeness (QED) is 0.162. The molecule has 198 valence electrons. The molecule has 0 bridgehead atoms. The molecular weight excluding hydrogens is 500 g/mol. The lowest BCUT2D eigenvalue weighted by atomic mass is 9.82. The monoisotopic (exact) mass is 526 g/mol. The molecule has 0 saturated heterocycles. The molecule has 0 amide bonds. The zero-order valence-electron chi connectivity index (χ0n) is 21.5. The van der Waals surface area contributed by atoms with Crippen molar-refractivity contribution in [1.82, 2.24) is 0 Å². The second-order valence-corrected chi connectivity index (χ2v) is 9.88. The zero-order valence-corrected chi connectivity index (χ0v) is 21.5. The fourth-order valence-corrected chi connectivity index (χ4v) is 5.58. The lowest BCUT2D eigenvalue weighted by Gasteiger charge is -2.29. The van der Waals surface area contributed by atoms with Crippen LogP contribution in [0, 0.1) is 6.92 Å². The standard InChI is InChI=1S/C31H26O8/c1-16-13-24(33)38-30-26(16)29(35)27(17(2)32)31-28(30)21(15-25(34)39-31)20-5-3-4-6-23(20)37-11-9-18-7-8-22-19(14-18)10-12-36-22/h3-8,13-14,21,35H,9-12,15H2,1-2H3/t21-/m1/s1. The summed E-state index contributed by atoms with van der Waals surface area (Å²) in [4.78, 5) is 37.8. The van der Waals surface area contributed by atoms with Crippen LogP contribution in [0.15, 0.2) is 57.7 Å². The van der Waals surface area contributed by atoms with Crippen LogP contribution in [0.2, 0.25) is 0 Å². The van der Waals surface area contributed by atoms with Gasteiger partial charge in [0.05, 0.1) is 25.0 Å². The van der Waals surface area contributed by atoms with Crippen molar-refractivity contribution in [2.45, 2.75) is 39.0 Å². The lowest BCUT2D eigenvalue weighted by molar-refractivity contribution is -0.135. The first-order valence-corrected chi connectivity index (χ1v) is 12.8. The number of hydrogen-bond donors (Lipinski definition) is 1. The van der Waals surface area contributed by atoms with Gasteiger partial charge >= 0.3 is 11.6 Å². The molecule has 6 rings (SSSR count). The highest BCUT2D eigenvalue weighted by Crippen LogP contribution is 2.50. The molecule has 8 nitrogen and oxygen atoms in total. The number of hydrogen-bond acceptors (Lipinski definition) is 8. The van der Waals surface area contributed by atoms with E-state index < -0.39 is 23.3 Å². The molecule has 0 aliphatic carbocycles. The van der Waals surface area contributed by atoms with E-state index in [1.165, 1.54) is 18.6 Å². The summed E-state index contributed by atoms with van der Waals surface area (Å²) in [7, 11) is 0. The lowest BCUT2D eigenvalue weighted by Crippen LogP contribution is -2.24. The third-order valence-electron chi connectivity index (χ3n) is 7.33. The summed E-state index contributed by atoms with van der Waals surface area (Å²) in [5.41, 5.74) is 3.18. The van der Waals surface area contributed by atoms with Crippen molar-refractivity contribution in [3.63, 3.8) is 0 Å². The first-order chi connectivity index (χ1) is 18.8. The molecule has 3 aromatic carbocycles. The summed E-state index contributed by atoms with van der Waals surface area (Å²) >= 11 is 0. The number of benzene rings is 3. The average Bonchev–Trinajstić information content (AvgIpc) is 3.36. The Balaban J connectivity index is 1.42. The van der Waals surface area contributed by atoms with Gasteiger partial charge in [0.1, 0.15) is 28.4 Å². The number of esters is 1. The Bertz CT molecular complexity index is 1710. The first-order valence-electron chi connectivity index (χ1n) is 12.8. The molecule has 4 aromatic rings. The Labute approximate surface area is 223 Å². The number of aryl methyl sites for hydroxylation is 1. The second-order valence-electron chi connectivity index (χ2n) is 9.88. The highest BCUT2D eigenvalue weighted by atomic mass is 16.5. The average molecular weight is 527 g/mol. The van der Waals surface area contributed by atoms with Crippen molar-refractivity contribution >= 4 is 22.7 Å². The zero-order chi connectivity index (χ0) is 27.3. The molecular formula is C31H26O8. The Morgan fingerprint density at radius 2 is 1.95 bits per heavy atom. The number of phenolic OH excluding ortho intramolecular Hbond substituents is 1. The number of para-hydroxylation sites is 1.